The number of benzene rings is 2. The van der Waals surface area contributed by atoms with E-state index in [1.807, 2.05) is 31.2 Å². The van der Waals surface area contributed by atoms with Crippen LogP contribution < -0.4 is 11.2 Å². The highest BCUT2D eigenvalue weighted by atomic mass is 32.2. The number of hydrogen-bond acceptors (Lipinski definition) is 5. The van der Waals surface area contributed by atoms with Crippen LogP contribution in [0.2, 0.25) is 0 Å². The predicted molar refractivity (Wildman–Crippen MR) is 96.1 cm³/mol. The van der Waals surface area contributed by atoms with Gasteiger partial charge in [0.25, 0.3) is 0 Å². The third kappa shape index (κ3) is 4.16. The highest BCUT2D eigenvalue weighted by Crippen LogP contribution is 2.22. The molecule has 0 saturated carbocycles. The van der Waals surface area contributed by atoms with E-state index >= 15 is 0 Å². The summed E-state index contributed by atoms with van der Waals surface area (Å²) in [6, 6.07) is 13.5. The largest absolute Gasteiger partial charge is 0.335 e. The predicted octanol–water partition coefficient (Wildman–Crippen LogP) is 2.84. The average molecular weight is 357 g/mol. The molecule has 0 saturated heterocycles. The Morgan fingerprint density at radius 3 is 2.80 bits per heavy atom. The Balaban J connectivity index is 1.65. The van der Waals surface area contributed by atoms with Gasteiger partial charge in [0.05, 0.1) is 5.75 Å². The van der Waals surface area contributed by atoms with Gasteiger partial charge in [0, 0.05) is 11.3 Å². The van der Waals surface area contributed by atoms with Gasteiger partial charge in [-0.2, -0.15) is 0 Å². The molecule has 25 heavy (non-hydrogen) atoms. The van der Waals surface area contributed by atoms with Crippen LogP contribution in [0.1, 0.15) is 5.56 Å². The van der Waals surface area contributed by atoms with Crippen molar-refractivity contribution in [2.45, 2.75) is 12.1 Å². The quantitative estimate of drug-likeness (QED) is 0.542. The minimum atomic E-state index is -0.382. The molecule has 1 aromatic heterocycles. The molecule has 0 aliphatic carbocycles. The zero-order chi connectivity index (χ0) is 17.8. The second kappa shape index (κ2) is 7.35. The van der Waals surface area contributed by atoms with Crippen molar-refractivity contribution in [2.75, 3.05) is 16.9 Å². The van der Waals surface area contributed by atoms with Gasteiger partial charge in [-0.25, -0.2) is 9.07 Å². The second-order valence-electron chi connectivity index (χ2n) is 5.39. The number of nitrogens with zero attached hydrogens (tertiary/aromatic N) is 3. The molecule has 0 spiro atoms. The second-order valence-corrected chi connectivity index (χ2v) is 6.34. The van der Waals surface area contributed by atoms with Crippen LogP contribution in [0.25, 0.3) is 11.4 Å². The normalized spacial score (nSPS) is 10.6. The van der Waals surface area contributed by atoms with Crippen LogP contribution in [0.3, 0.4) is 0 Å². The monoisotopic (exact) mass is 357 g/mol. The third-order valence-electron chi connectivity index (χ3n) is 3.38. The van der Waals surface area contributed by atoms with Crippen molar-refractivity contribution in [3.05, 3.63) is 59.9 Å². The summed E-state index contributed by atoms with van der Waals surface area (Å²) in [6.07, 6.45) is 0. The Hall–Kier alpha value is -2.87. The van der Waals surface area contributed by atoms with E-state index in [4.69, 9.17) is 5.84 Å². The summed E-state index contributed by atoms with van der Waals surface area (Å²) >= 11 is 1.16. The number of aryl methyl sites for hydroxylation is 1. The van der Waals surface area contributed by atoms with Crippen molar-refractivity contribution in [1.82, 2.24) is 14.9 Å². The van der Waals surface area contributed by atoms with E-state index in [0.29, 0.717) is 16.5 Å². The number of anilines is 1. The van der Waals surface area contributed by atoms with Crippen LogP contribution in [0.5, 0.6) is 0 Å². The summed E-state index contributed by atoms with van der Waals surface area (Å²) in [5, 5.41) is 11.1. The first-order valence-electron chi connectivity index (χ1n) is 7.48. The minimum absolute atomic E-state index is 0.131. The van der Waals surface area contributed by atoms with Gasteiger partial charge in [-0.3, -0.25) is 4.79 Å². The van der Waals surface area contributed by atoms with Gasteiger partial charge in [-0.05, 0) is 36.8 Å². The van der Waals surface area contributed by atoms with Crippen LogP contribution in [-0.2, 0) is 4.79 Å². The molecule has 0 radical (unpaired) electrons. The molecule has 0 fully saturated rings. The molecule has 0 unspecified atom stereocenters. The molecule has 0 atom stereocenters. The molecular weight excluding hydrogens is 341 g/mol. The average Bonchev–Trinajstić information content (AvgIpc) is 2.94. The summed E-state index contributed by atoms with van der Waals surface area (Å²) < 4.78 is 14.6. The number of carbonyl (C=O) groups excluding carboxylic acids is 1. The fourth-order valence-electron chi connectivity index (χ4n) is 2.25. The van der Waals surface area contributed by atoms with Crippen molar-refractivity contribution < 1.29 is 9.18 Å². The summed E-state index contributed by atoms with van der Waals surface area (Å²) in [4.78, 5) is 12.1. The summed E-state index contributed by atoms with van der Waals surface area (Å²) in [7, 11) is 0. The van der Waals surface area contributed by atoms with Crippen molar-refractivity contribution in [3.63, 3.8) is 0 Å². The maximum Gasteiger partial charge on any atom is 0.234 e. The number of hydrogen-bond donors (Lipinski definition) is 2. The molecule has 2 aromatic carbocycles. The van der Waals surface area contributed by atoms with E-state index < -0.39 is 0 Å². The lowest BCUT2D eigenvalue weighted by Gasteiger charge is -2.06. The number of rotatable bonds is 5. The summed E-state index contributed by atoms with van der Waals surface area (Å²) in [6.45, 7) is 1.95. The molecule has 0 aliphatic heterocycles. The van der Waals surface area contributed by atoms with Gasteiger partial charge in [0.15, 0.2) is 5.82 Å². The Kier molecular flexibility index (Phi) is 4.99. The van der Waals surface area contributed by atoms with Gasteiger partial charge in [0.1, 0.15) is 5.82 Å². The fourth-order valence-corrected chi connectivity index (χ4v) is 2.91. The van der Waals surface area contributed by atoms with Crippen molar-refractivity contribution in [3.8, 4) is 11.4 Å². The number of carbonyl (C=O) groups is 1. The van der Waals surface area contributed by atoms with Crippen LogP contribution in [0, 0.1) is 12.7 Å². The first-order valence-corrected chi connectivity index (χ1v) is 8.47. The SMILES string of the molecule is Cc1cccc(NC(=O)CSc2nnc(-c3cccc(F)c3)n2N)c1. The van der Waals surface area contributed by atoms with E-state index in [0.717, 1.165) is 23.0 Å². The van der Waals surface area contributed by atoms with Crippen molar-refractivity contribution in [1.29, 1.82) is 0 Å². The van der Waals surface area contributed by atoms with Crippen LogP contribution >= 0.6 is 11.8 Å². The minimum Gasteiger partial charge on any atom is -0.335 e. The van der Waals surface area contributed by atoms with Gasteiger partial charge in [-0.1, -0.05) is 36.0 Å². The molecule has 8 heteroatoms. The van der Waals surface area contributed by atoms with Gasteiger partial charge < -0.3 is 11.2 Å². The van der Waals surface area contributed by atoms with E-state index in [1.165, 1.54) is 16.8 Å². The number of nitrogen functional groups attached to an aromatic ring is 1. The molecule has 0 bridgehead atoms. The molecule has 1 amide bonds. The number of amides is 1. The molecule has 128 valence electrons. The molecule has 3 N–H and O–H groups in total. The van der Waals surface area contributed by atoms with E-state index in [9.17, 15) is 9.18 Å². The molecule has 1 heterocycles. The Morgan fingerprint density at radius 1 is 1.24 bits per heavy atom. The highest BCUT2D eigenvalue weighted by Gasteiger charge is 2.14. The number of nitrogens with two attached hydrogens (primary N) is 1. The lowest BCUT2D eigenvalue weighted by atomic mass is 10.2. The van der Waals surface area contributed by atoms with E-state index in [-0.39, 0.29) is 17.5 Å². The lowest BCUT2D eigenvalue weighted by Crippen LogP contribution is -2.16. The standard InChI is InChI=1S/C17H16FN5OS/c1-11-4-2-7-14(8-11)20-15(24)10-25-17-22-21-16(23(17)19)12-5-3-6-13(18)9-12/h2-9H,10,19H2,1H3,(H,20,24). The van der Waals surface area contributed by atoms with Crippen LogP contribution in [0.4, 0.5) is 10.1 Å². The van der Waals surface area contributed by atoms with E-state index in [2.05, 4.69) is 15.5 Å². The van der Waals surface area contributed by atoms with Crippen molar-refractivity contribution >= 4 is 23.4 Å². The molecule has 3 rings (SSSR count). The Morgan fingerprint density at radius 2 is 2.04 bits per heavy atom. The molecule has 6 nitrogen and oxygen atoms in total. The zero-order valence-corrected chi connectivity index (χ0v) is 14.3. The van der Waals surface area contributed by atoms with Gasteiger partial charge in [-0.15, -0.1) is 10.2 Å². The maximum absolute atomic E-state index is 13.3. The van der Waals surface area contributed by atoms with Crippen molar-refractivity contribution in [2.24, 2.45) is 0 Å². The van der Waals surface area contributed by atoms with Crippen LogP contribution in [0.15, 0.2) is 53.7 Å². The van der Waals surface area contributed by atoms with E-state index in [1.54, 1.807) is 12.1 Å². The summed E-state index contributed by atoms with van der Waals surface area (Å²) in [5.41, 5.74) is 2.32. The number of halogens is 1. The Labute approximate surface area is 148 Å². The Bertz CT molecular complexity index is 912. The number of aromatic nitrogens is 3. The third-order valence-corrected chi connectivity index (χ3v) is 4.32. The first kappa shape index (κ1) is 17.0. The maximum atomic E-state index is 13.3. The fraction of sp³-hybridized carbons (Fsp3) is 0.118. The van der Waals surface area contributed by atoms with Gasteiger partial charge in [0.2, 0.25) is 11.1 Å². The molecular formula is C17H16FN5OS. The number of thioether (sulfide) groups is 1. The lowest BCUT2D eigenvalue weighted by molar-refractivity contribution is -0.113. The zero-order valence-electron chi connectivity index (χ0n) is 13.4. The van der Waals surface area contributed by atoms with Crippen LogP contribution in [-0.4, -0.2) is 26.5 Å². The highest BCUT2D eigenvalue weighted by molar-refractivity contribution is 7.99. The molecule has 0 aliphatic rings. The summed E-state index contributed by atoms with van der Waals surface area (Å²) in [5.74, 6) is 5.87. The van der Waals surface area contributed by atoms with Gasteiger partial charge >= 0.3 is 0 Å². The topological polar surface area (TPSA) is 85.8 Å². The molecule has 3 aromatic rings. The smallest absolute Gasteiger partial charge is 0.234 e. The number of nitrogens with one attached hydrogen (secondary N) is 1. The first-order chi connectivity index (χ1) is 12.0.